The van der Waals surface area contributed by atoms with E-state index in [1.54, 1.807) is 13.8 Å². The summed E-state index contributed by atoms with van der Waals surface area (Å²) in [5, 5.41) is 9.04. The molecule has 0 amide bonds. The van der Waals surface area contributed by atoms with Gasteiger partial charge in [0, 0.05) is 53.3 Å². The molecule has 1 aliphatic heterocycles. The highest BCUT2D eigenvalue weighted by Crippen LogP contribution is 2.48. The fourth-order valence-electron chi connectivity index (χ4n) is 5.49. The first-order chi connectivity index (χ1) is 22.6. The summed E-state index contributed by atoms with van der Waals surface area (Å²) >= 11 is 0.205. The number of aromatic nitrogens is 4. The van der Waals surface area contributed by atoms with E-state index in [-0.39, 0.29) is 84.3 Å². The van der Waals surface area contributed by atoms with Gasteiger partial charge in [0.2, 0.25) is 15.0 Å². The van der Waals surface area contributed by atoms with Gasteiger partial charge in [-0.05, 0) is 26.0 Å². The Morgan fingerprint density at radius 2 is 1.76 bits per heavy atom. The molecule has 0 radical (unpaired) electrons. The smallest absolute Gasteiger partial charge is 0.365 e. The normalized spacial score (nSPS) is 17.7. The average Bonchev–Trinajstić information content (AvgIpc) is 3.48. The summed E-state index contributed by atoms with van der Waals surface area (Å²) in [5.41, 5.74) is -1.77. The van der Waals surface area contributed by atoms with Crippen LogP contribution in [0.15, 0.2) is 11.0 Å². The largest absolute Gasteiger partial charge is 0.445 e. The molecule has 21 heteroatoms. The number of halogens is 4. The van der Waals surface area contributed by atoms with E-state index in [4.69, 9.17) is 11.3 Å². The molecule has 2 fully saturated rings. The number of sulfonamides is 2. The fourth-order valence-corrected chi connectivity index (χ4v) is 9.94. The lowest BCUT2D eigenvalue weighted by Crippen LogP contribution is -2.50. The molecule has 1 aromatic carbocycles. The maximum atomic E-state index is 17.0. The van der Waals surface area contributed by atoms with E-state index in [1.807, 2.05) is 0 Å². The molecular weight excluding hydrogens is 729 g/mol. The zero-order chi connectivity index (χ0) is 36.3. The molecule has 0 unspecified atom stereocenters. The number of alkyl halides is 3. The van der Waals surface area contributed by atoms with Gasteiger partial charge in [-0.3, -0.25) is 9.53 Å². The van der Waals surface area contributed by atoms with Gasteiger partial charge in [0.1, 0.15) is 23.0 Å². The van der Waals surface area contributed by atoms with Crippen molar-refractivity contribution in [1.82, 2.24) is 28.6 Å². The van der Waals surface area contributed by atoms with Gasteiger partial charge < -0.3 is 9.64 Å². The third-order valence-electron chi connectivity index (χ3n) is 8.53. The number of ether oxygens (including phenoxy) is 1. The minimum atomic E-state index is -4.81. The Morgan fingerprint density at radius 3 is 2.27 bits per heavy atom. The van der Waals surface area contributed by atoms with Crippen LogP contribution >= 0.6 is 11.3 Å². The maximum Gasteiger partial charge on any atom is 0.445 e. The van der Waals surface area contributed by atoms with Gasteiger partial charge in [0.15, 0.2) is 10.8 Å². The first-order valence-electron chi connectivity index (χ1n) is 15.5. The summed E-state index contributed by atoms with van der Waals surface area (Å²) in [6.07, 6.45) is -4.38. The van der Waals surface area contributed by atoms with Crippen molar-refractivity contribution >= 4 is 56.0 Å². The third kappa shape index (κ3) is 7.23. The molecular formula is C28H38F4N8O5S3Si. The molecule has 0 spiro atoms. The Morgan fingerprint density at radius 1 is 1.12 bits per heavy atom. The monoisotopic (exact) mass is 766 g/mol. The van der Waals surface area contributed by atoms with Crippen LogP contribution in [-0.2, 0) is 38.0 Å². The van der Waals surface area contributed by atoms with Crippen LogP contribution in [0, 0.1) is 12.4 Å². The zero-order valence-corrected chi connectivity index (χ0v) is 31.3. The van der Waals surface area contributed by atoms with E-state index in [1.165, 1.54) is 20.9 Å². The Balaban J connectivity index is 1.67. The van der Waals surface area contributed by atoms with Crippen molar-refractivity contribution in [1.29, 1.82) is 0 Å². The average molecular weight is 767 g/mol. The number of anilines is 1. The summed E-state index contributed by atoms with van der Waals surface area (Å²) in [7, 11) is -8.58. The van der Waals surface area contributed by atoms with Gasteiger partial charge in [-0.15, -0.1) is 10.2 Å². The van der Waals surface area contributed by atoms with Crippen LogP contribution in [0.1, 0.15) is 31.7 Å². The lowest BCUT2D eigenvalue weighted by atomic mass is 10.1. The van der Waals surface area contributed by atoms with Crippen LogP contribution in [0.5, 0.6) is 0 Å². The highest BCUT2D eigenvalue weighted by atomic mass is 32.2. The number of piperazine rings is 1. The first-order valence-corrected chi connectivity index (χ1v) is 22.9. The Kier molecular flexibility index (Phi) is 10.0. The van der Waals surface area contributed by atoms with Crippen molar-refractivity contribution in [3.05, 3.63) is 28.3 Å². The van der Waals surface area contributed by atoms with Gasteiger partial charge in [0.25, 0.3) is 10.0 Å². The number of aryl methyl sites for hydroxylation is 1. The fraction of sp³-hybridized carbons (Fsp3) is 0.643. The van der Waals surface area contributed by atoms with Crippen LogP contribution in [0.25, 0.3) is 26.4 Å². The second-order valence-electron chi connectivity index (χ2n) is 13.6. The number of benzene rings is 1. The quantitative estimate of drug-likeness (QED) is 0.0836. The van der Waals surface area contributed by atoms with Crippen molar-refractivity contribution < 1.29 is 39.1 Å². The number of rotatable bonds is 12. The molecule has 0 N–H and O–H groups in total. The summed E-state index contributed by atoms with van der Waals surface area (Å²) in [6.45, 7) is 16.9. The minimum Gasteiger partial charge on any atom is -0.365 e. The molecule has 1 saturated carbocycles. The van der Waals surface area contributed by atoms with E-state index >= 15 is 4.39 Å². The lowest BCUT2D eigenvalue weighted by Gasteiger charge is -2.37. The van der Waals surface area contributed by atoms with Crippen molar-refractivity contribution in [2.45, 2.75) is 74.4 Å². The van der Waals surface area contributed by atoms with Gasteiger partial charge in [-0.1, -0.05) is 35.3 Å². The summed E-state index contributed by atoms with van der Waals surface area (Å²) < 4.78 is 121. The standard InChI is InChI=1S/C28H38F4N8O5S3Si/c1-18(2)47(41,42)39-12-10-38(11-13-39)24-21(29)20(48(43,44)40(27(33-3)8-9-27)17-45-14-15-49(5,6)7)16-19-22(36-37(4)23(19)24)25-34-35-26(46-25)28(30,31)32/h16,18H,8-15,17H2,1-2,4-7H3. The second-order valence-corrected chi connectivity index (χ2v) is 24.5. The molecule has 1 saturated heterocycles. The van der Waals surface area contributed by atoms with Gasteiger partial charge in [0.05, 0.1) is 23.6 Å². The lowest BCUT2D eigenvalue weighted by molar-refractivity contribution is -0.138. The van der Waals surface area contributed by atoms with Crippen molar-refractivity contribution in [2.24, 2.45) is 7.05 Å². The van der Waals surface area contributed by atoms with E-state index in [9.17, 15) is 30.0 Å². The molecule has 49 heavy (non-hydrogen) atoms. The van der Waals surface area contributed by atoms with E-state index in [0.717, 1.165) is 16.4 Å². The summed E-state index contributed by atoms with van der Waals surface area (Å²) in [5.74, 6) is -1.16. The van der Waals surface area contributed by atoms with E-state index in [2.05, 4.69) is 39.8 Å². The van der Waals surface area contributed by atoms with Crippen LogP contribution in [0.3, 0.4) is 0 Å². The highest BCUT2D eigenvalue weighted by molar-refractivity contribution is 7.89. The molecule has 1 aliphatic carbocycles. The Labute approximate surface area is 287 Å². The summed E-state index contributed by atoms with van der Waals surface area (Å²) in [4.78, 5) is 4.28. The number of hydrogen-bond donors (Lipinski definition) is 0. The highest BCUT2D eigenvalue weighted by Gasteiger charge is 2.61. The molecule has 5 rings (SSSR count). The third-order valence-corrected chi connectivity index (χ3v) is 15.4. The zero-order valence-electron chi connectivity index (χ0n) is 27.9. The molecule has 3 aromatic rings. The molecule has 2 aliphatic rings. The van der Waals surface area contributed by atoms with E-state index in [0.29, 0.717) is 0 Å². The summed E-state index contributed by atoms with van der Waals surface area (Å²) in [6, 6.07) is 1.73. The predicted octanol–water partition coefficient (Wildman–Crippen LogP) is 4.82. The van der Waals surface area contributed by atoms with Gasteiger partial charge >= 0.3 is 11.8 Å². The van der Waals surface area contributed by atoms with Crippen molar-refractivity contribution in [3.63, 3.8) is 0 Å². The topological polar surface area (TPSA) is 135 Å². The van der Waals surface area contributed by atoms with Gasteiger partial charge in [-0.2, -0.15) is 22.6 Å². The maximum absolute atomic E-state index is 17.0. The van der Waals surface area contributed by atoms with Crippen LogP contribution < -0.4 is 4.90 Å². The van der Waals surface area contributed by atoms with Crippen LogP contribution in [-0.4, -0.2) is 104 Å². The molecule has 0 bridgehead atoms. The molecule has 0 atom stereocenters. The van der Waals surface area contributed by atoms with Gasteiger partial charge in [-0.25, -0.2) is 27.8 Å². The van der Waals surface area contributed by atoms with Crippen LogP contribution in [0.4, 0.5) is 23.2 Å². The Bertz CT molecular complexity index is 1990. The molecule has 3 heterocycles. The number of nitrogens with zero attached hydrogens (tertiary/aromatic N) is 8. The number of hydrogen-bond acceptors (Lipinski definition) is 10. The first kappa shape index (κ1) is 37.5. The number of fused-ring (bicyclic) bond motifs is 1. The van der Waals surface area contributed by atoms with Crippen molar-refractivity contribution in [2.75, 3.05) is 44.4 Å². The van der Waals surface area contributed by atoms with Crippen LogP contribution in [0.2, 0.25) is 25.7 Å². The molecule has 13 nitrogen and oxygen atoms in total. The van der Waals surface area contributed by atoms with E-state index < -0.39 is 67.7 Å². The second kappa shape index (κ2) is 13.1. The molecule has 270 valence electrons. The predicted molar refractivity (Wildman–Crippen MR) is 179 cm³/mol. The Hall–Kier alpha value is -2.74. The van der Waals surface area contributed by atoms with Crippen molar-refractivity contribution in [3.8, 4) is 10.7 Å². The molecule has 2 aromatic heterocycles. The minimum absolute atomic E-state index is 0.00755. The SMILES string of the molecule is [C-]#[N+]C1(N(COCC[Si](C)(C)C)S(=O)(=O)c2cc3c(-c4nnc(C(F)(F)F)s4)nn(C)c3c(N3CCN(S(=O)(=O)C(C)C)CC3)c2F)CC1.